The molecule has 90 valence electrons. The van der Waals surface area contributed by atoms with E-state index in [9.17, 15) is 0 Å². The number of nitrogens with two attached hydrogens (primary N) is 1. The second kappa shape index (κ2) is 4.24. The predicted molar refractivity (Wildman–Crippen MR) is 66.3 cm³/mol. The second-order valence-electron chi connectivity index (χ2n) is 5.09. The highest BCUT2D eigenvalue weighted by molar-refractivity contribution is 6.55. The molecule has 2 N–H and O–H groups in total. The molecular weight excluding hydrogens is 203 g/mol. The van der Waals surface area contributed by atoms with Crippen molar-refractivity contribution in [3.63, 3.8) is 0 Å². The minimum atomic E-state index is -0.409. The molecule has 0 aliphatic carbocycles. The van der Waals surface area contributed by atoms with Crippen LogP contribution in [0.4, 0.5) is 0 Å². The Labute approximate surface area is 98.2 Å². The van der Waals surface area contributed by atoms with Gasteiger partial charge in [0, 0.05) is 13.2 Å². The molecule has 5 heteroatoms. The zero-order valence-corrected chi connectivity index (χ0v) is 10.8. The van der Waals surface area contributed by atoms with Gasteiger partial charge in [-0.3, -0.25) is 0 Å². The Kier molecular flexibility index (Phi) is 3.52. The van der Waals surface area contributed by atoms with Crippen molar-refractivity contribution in [2.75, 3.05) is 7.05 Å². The molecule has 0 aromatic rings. The summed E-state index contributed by atoms with van der Waals surface area (Å²) in [5.41, 5.74) is 0.142. The van der Waals surface area contributed by atoms with Gasteiger partial charge < -0.3 is 14.3 Å². The Hall–Kier alpha value is -0.775. The van der Waals surface area contributed by atoms with Crippen LogP contribution in [0, 0.1) is 0 Å². The summed E-state index contributed by atoms with van der Waals surface area (Å²) in [6.45, 7) is 11.8. The minimum Gasteiger partial charge on any atom is -0.399 e. The Morgan fingerprint density at radius 1 is 1.25 bits per heavy atom. The molecule has 0 spiro atoms. The van der Waals surface area contributed by atoms with Gasteiger partial charge in [0.2, 0.25) is 0 Å². The van der Waals surface area contributed by atoms with Gasteiger partial charge in [0.05, 0.1) is 11.2 Å². The van der Waals surface area contributed by atoms with Crippen LogP contribution >= 0.6 is 0 Å². The van der Waals surface area contributed by atoms with E-state index in [0.717, 1.165) is 5.47 Å². The van der Waals surface area contributed by atoms with Crippen molar-refractivity contribution in [2.24, 2.45) is 5.84 Å². The summed E-state index contributed by atoms with van der Waals surface area (Å²) >= 11 is 0. The lowest BCUT2D eigenvalue weighted by Gasteiger charge is -2.32. The summed E-state index contributed by atoms with van der Waals surface area (Å²) in [6, 6.07) is 0. The number of nitrogens with zero attached hydrogens (tertiary/aromatic N) is 1. The van der Waals surface area contributed by atoms with E-state index in [0.29, 0.717) is 0 Å². The monoisotopic (exact) mass is 224 g/mol. The molecule has 1 heterocycles. The van der Waals surface area contributed by atoms with E-state index in [-0.39, 0.29) is 11.2 Å². The molecule has 0 saturated carbocycles. The van der Waals surface area contributed by atoms with Crippen molar-refractivity contribution in [2.45, 2.75) is 38.9 Å². The molecule has 0 radical (unpaired) electrons. The summed E-state index contributed by atoms with van der Waals surface area (Å²) < 4.78 is 11.7. The lowest BCUT2D eigenvalue weighted by molar-refractivity contribution is 0.00578. The quantitative estimate of drug-likeness (QED) is 0.341. The van der Waals surface area contributed by atoms with E-state index >= 15 is 0 Å². The van der Waals surface area contributed by atoms with Crippen LogP contribution in [0.5, 0.6) is 0 Å². The molecule has 16 heavy (non-hydrogen) atoms. The van der Waals surface area contributed by atoms with Gasteiger partial charge in [-0.05, 0) is 33.2 Å². The van der Waals surface area contributed by atoms with Gasteiger partial charge in [-0.25, -0.2) is 5.84 Å². The maximum absolute atomic E-state index is 5.87. The van der Waals surface area contributed by atoms with Crippen molar-refractivity contribution in [3.05, 3.63) is 24.3 Å². The lowest BCUT2D eigenvalue weighted by atomic mass is 9.79. The molecule has 1 aliphatic heterocycles. The fraction of sp³-hybridized carbons (Fsp3) is 0.636. The molecular formula is C11H21BN2O2. The van der Waals surface area contributed by atoms with Crippen LogP contribution in [0.3, 0.4) is 0 Å². The Balaban J connectivity index is 2.90. The van der Waals surface area contributed by atoms with Gasteiger partial charge in [0.25, 0.3) is 0 Å². The van der Waals surface area contributed by atoms with E-state index in [4.69, 9.17) is 15.2 Å². The summed E-state index contributed by atoms with van der Waals surface area (Å²) in [4.78, 5) is 0. The number of hydrogen-bond donors (Lipinski definition) is 1. The third-order valence-electron chi connectivity index (χ3n) is 3.11. The SMILES string of the molecule is C=C/C(=C\N(C)N)B1OC(C)(C)C(C)(C)O1. The van der Waals surface area contributed by atoms with Crippen molar-refractivity contribution in [3.8, 4) is 0 Å². The topological polar surface area (TPSA) is 47.7 Å². The lowest BCUT2D eigenvalue weighted by Crippen LogP contribution is -2.41. The van der Waals surface area contributed by atoms with Crippen molar-refractivity contribution in [1.29, 1.82) is 0 Å². The molecule has 4 nitrogen and oxygen atoms in total. The van der Waals surface area contributed by atoms with E-state index in [1.807, 2.05) is 27.7 Å². The molecule has 1 rings (SSSR count). The van der Waals surface area contributed by atoms with Crippen LogP contribution in [0.25, 0.3) is 0 Å². The van der Waals surface area contributed by atoms with Gasteiger partial charge in [0.1, 0.15) is 0 Å². The third-order valence-corrected chi connectivity index (χ3v) is 3.11. The van der Waals surface area contributed by atoms with E-state index in [1.54, 1.807) is 19.3 Å². The highest BCUT2D eigenvalue weighted by atomic mass is 16.7. The van der Waals surface area contributed by atoms with Crippen LogP contribution in [0.1, 0.15) is 27.7 Å². The van der Waals surface area contributed by atoms with Crippen LogP contribution in [0.15, 0.2) is 24.3 Å². The van der Waals surface area contributed by atoms with Crippen LogP contribution < -0.4 is 5.84 Å². The highest BCUT2D eigenvalue weighted by Crippen LogP contribution is 2.38. The maximum Gasteiger partial charge on any atom is 0.496 e. The largest absolute Gasteiger partial charge is 0.496 e. The summed E-state index contributed by atoms with van der Waals surface area (Å²) in [6.07, 6.45) is 3.45. The fourth-order valence-electron chi connectivity index (χ4n) is 1.42. The van der Waals surface area contributed by atoms with Crippen molar-refractivity contribution >= 4 is 7.12 Å². The zero-order valence-electron chi connectivity index (χ0n) is 10.8. The minimum absolute atomic E-state index is 0.340. The molecule has 0 bridgehead atoms. The highest BCUT2D eigenvalue weighted by Gasteiger charge is 2.52. The Morgan fingerprint density at radius 3 is 2.00 bits per heavy atom. The molecule has 0 atom stereocenters. The van der Waals surface area contributed by atoms with Crippen molar-refractivity contribution < 1.29 is 9.31 Å². The summed E-state index contributed by atoms with van der Waals surface area (Å²) in [5.74, 6) is 5.57. The van der Waals surface area contributed by atoms with Gasteiger partial charge in [-0.2, -0.15) is 0 Å². The first-order valence-corrected chi connectivity index (χ1v) is 5.37. The third kappa shape index (κ3) is 2.48. The van der Waals surface area contributed by atoms with E-state index in [2.05, 4.69) is 6.58 Å². The first-order chi connectivity index (χ1) is 7.19. The molecule has 0 aromatic carbocycles. The molecule has 0 unspecified atom stereocenters. The Bertz CT molecular complexity index is 295. The molecule has 1 fully saturated rings. The van der Waals surface area contributed by atoms with Gasteiger partial charge in [-0.15, -0.1) is 0 Å². The zero-order chi connectivity index (χ0) is 12.6. The standard InChI is InChI=1S/C11H21BN2O2/c1-7-9(8-14(6)13)12-15-10(2,3)11(4,5)16-12/h7-8H,1,13H2,2-6H3/b9-8+. The number of allylic oxidation sites excluding steroid dienone is 2. The Morgan fingerprint density at radius 2 is 1.69 bits per heavy atom. The molecule has 1 aliphatic rings. The number of hydrogen-bond acceptors (Lipinski definition) is 4. The molecule has 1 saturated heterocycles. The summed E-state index contributed by atoms with van der Waals surface area (Å²) in [7, 11) is 1.34. The first-order valence-electron chi connectivity index (χ1n) is 5.37. The fourth-order valence-corrected chi connectivity index (χ4v) is 1.42. The number of rotatable bonds is 3. The smallest absolute Gasteiger partial charge is 0.399 e. The first kappa shape index (κ1) is 13.3. The predicted octanol–water partition coefficient (Wildman–Crippen LogP) is 1.49. The normalized spacial score (nSPS) is 23.4. The molecule has 0 aromatic heterocycles. The van der Waals surface area contributed by atoms with Crippen LogP contribution in [-0.2, 0) is 9.31 Å². The van der Waals surface area contributed by atoms with E-state index < -0.39 is 7.12 Å². The maximum atomic E-state index is 5.87. The average molecular weight is 224 g/mol. The van der Waals surface area contributed by atoms with Gasteiger partial charge in [0.15, 0.2) is 0 Å². The summed E-state index contributed by atoms with van der Waals surface area (Å²) in [5, 5.41) is 1.46. The number of hydrazine groups is 1. The van der Waals surface area contributed by atoms with Crippen molar-refractivity contribution in [1.82, 2.24) is 5.01 Å². The second-order valence-corrected chi connectivity index (χ2v) is 5.09. The van der Waals surface area contributed by atoms with Crippen LogP contribution in [-0.4, -0.2) is 30.4 Å². The van der Waals surface area contributed by atoms with Gasteiger partial charge >= 0.3 is 7.12 Å². The van der Waals surface area contributed by atoms with E-state index in [1.165, 1.54) is 5.01 Å². The van der Waals surface area contributed by atoms with Gasteiger partial charge in [-0.1, -0.05) is 12.7 Å². The molecule has 0 amide bonds. The average Bonchev–Trinajstić information content (AvgIpc) is 2.31. The van der Waals surface area contributed by atoms with Crippen LogP contribution in [0.2, 0.25) is 0 Å².